The highest BCUT2D eigenvalue weighted by atomic mass is 32.2. The van der Waals surface area contributed by atoms with Crippen LogP contribution in [0.2, 0.25) is 0 Å². The van der Waals surface area contributed by atoms with Gasteiger partial charge in [0.1, 0.15) is 5.75 Å². The van der Waals surface area contributed by atoms with Crippen molar-refractivity contribution >= 4 is 17.7 Å². The smallest absolute Gasteiger partial charge is 0.277 e. The summed E-state index contributed by atoms with van der Waals surface area (Å²) < 4.78 is 10.7. The summed E-state index contributed by atoms with van der Waals surface area (Å²) in [5.74, 6) is 1.86. The first kappa shape index (κ1) is 15.9. The molecule has 0 bridgehead atoms. The van der Waals surface area contributed by atoms with Gasteiger partial charge in [-0.3, -0.25) is 4.79 Å². The Morgan fingerprint density at radius 1 is 1.39 bits per heavy atom. The highest BCUT2D eigenvalue weighted by Gasteiger charge is 2.30. The zero-order valence-electron chi connectivity index (χ0n) is 13.1. The van der Waals surface area contributed by atoms with Crippen LogP contribution < -0.4 is 10.1 Å². The van der Waals surface area contributed by atoms with Crippen LogP contribution in [-0.2, 0) is 11.3 Å². The predicted molar refractivity (Wildman–Crippen MR) is 86.4 cm³/mol. The number of benzene rings is 1. The van der Waals surface area contributed by atoms with E-state index in [-0.39, 0.29) is 11.2 Å². The number of thioether (sulfide) groups is 1. The summed E-state index contributed by atoms with van der Waals surface area (Å²) >= 11 is 1.29. The van der Waals surface area contributed by atoms with E-state index in [9.17, 15) is 4.79 Å². The first-order chi connectivity index (χ1) is 11.2. The Hall–Kier alpha value is -2.02. The molecule has 1 heterocycles. The van der Waals surface area contributed by atoms with Crippen LogP contribution in [0.1, 0.15) is 37.1 Å². The summed E-state index contributed by atoms with van der Waals surface area (Å²) in [6.07, 6.45) is 2.23. The van der Waals surface area contributed by atoms with Gasteiger partial charge in [-0.25, -0.2) is 0 Å². The Bertz CT molecular complexity index is 667. The molecule has 1 N–H and O–H groups in total. The molecule has 0 unspecified atom stereocenters. The molecule has 0 saturated heterocycles. The Kier molecular flexibility index (Phi) is 4.85. The zero-order chi connectivity index (χ0) is 16.2. The van der Waals surface area contributed by atoms with E-state index in [0.717, 1.165) is 24.2 Å². The molecule has 1 aromatic carbocycles. The Balaban J connectivity index is 1.48. The van der Waals surface area contributed by atoms with Gasteiger partial charge in [0.2, 0.25) is 11.8 Å². The summed E-state index contributed by atoms with van der Waals surface area (Å²) in [5.41, 5.74) is 1.02. The lowest BCUT2D eigenvalue weighted by Gasteiger charge is -2.10. The van der Waals surface area contributed by atoms with Crippen molar-refractivity contribution in [2.75, 3.05) is 7.11 Å². The van der Waals surface area contributed by atoms with Gasteiger partial charge in [-0.05, 0) is 37.5 Å². The van der Waals surface area contributed by atoms with Gasteiger partial charge in [0.25, 0.3) is 5.22 Å². The molecule has 6 nitrogen and oxygen atoms in total. The predicted octanol–water partition coefficient (Wildman–Crippen LogP) is 2.75. The van der Waals surface area contributed by atoms with Crippen molar-refractivity contribution in [2.24, 2.45) is 0 Å². The van der Waals surface area contributed by atoms with Crippen molar-refractivity contribution in [2.45, 2.75) is 42.7 Å². The summed E-state index contributed by atoms with van der Waals surface area (Å²) in [6.45, 7) is 2.31. The van der Waals surface area contributed by atoms with E-state index in [1.165, 1.54) is 11.8 Å². The Labute approximate surface area is 139 Å². The van der Waals surface area contributed by atoms with Gasteiger partial charge in [0, 0.05) is 12.5 Å². The number of amides is 1. The number of carbonyl (C=O) groups excluding carboxylic acids is 1. The summed E-state index contributed by atoms with van der Waals surface area (Å²) in [5, 5.41) is 11.1. The first-order valence-electron chi connectivity index (χ1n) is 7.56. The van der Waals surface area contributed by atoms with Gasteiger partial charge in [0.15, 0.2) is 0 Å². The maximum atomic E-state index is 12.2. The van der Waals surface area contributed by atoms with Gasteiger partial charge in [-0.2, -0.15) is 0 Å². The largest absolute Gasteiger partial charge is 0.497 e. The molecular formula is C16H19N3O3S. The standard InChI is InChI=1S/C16H19N3O3S/c1-10(23-16-19-18-15(22-16)12-5-6-12)14(20)17-9-11-3-7-13(21-2)8-4-11/h3-4,7-8,10,12H,5-6,9H2,1-2H3,(H,17,20)/t10-/m1/s1. The highest BCUT2D eigenvalue weighted by Crippen LogP contribution is 2.40. The molecule has 7 heteroatoms. The molecule has 1 fully saturated rings. The fourth-order valence-corrected chi connectivity index (χ4v) is 2.76. The van der Waals surface area contributed by atoms with Gasteiger partial charge in [-0.1, -0.05) is 23.9 Å². The molecule has 1 aliphatic rings. The van der Waals surface area contributed by atoms with E-state index in [4.69, 9.17) is 9.15 Å². The number of hydrogen-bond donors (Lipinski definition) is 1. The number of rotatable bonds is 7. The third kappa shape index (κ3) is 4.25. The van der Waals surface area contributed by atoms with Gasteiger partial charge in [-0.15, -0.1) is 10.2 Å². The van der Waals surface area contributed by atoms with Crippen molar-refractivity contribution in [1.29, 1.82) is 0 Å². The molecule has 1 aromatic heterocycles. The fraction of sp³-hybridized carbons (Fsp3) is 0.438. The van der Waals surface area contributed by atoms with E-state index in [1.807, 2.05) is 31.2 Å². The van der Waals surface area contributed by atoms with Crippen molar-refractivity contribution in [3.63, 3.8) is 0 Å². The second-order valence-corrected chi connectivity index (χ2v) is 6.80. The second kappa shape index (κ2) is 7.04. The second-order valence-electron chi connectivity index (χ2n) is 5.51. The average molecular weight is 333 g/mol. The number of hydrogen-bond acceptors (Lipinski definition) is 6. The minimum atomic E-state index is -0.291. The van der Waals surface area contributed by atoms with Gasteiger partial charge >= 0.3 is 0 Å². The molecule has 1 amide bonds. The number of nitrogens with one attached hydrogen (secondary N) is 1. The maximum absolute atomic E-state index is 12.2. The summed E-state index contributed by atoms with van der Waals surface area (Å²) in [7, 11) is 1.63. The van der Waals surface area contributed by atoms with Gasteiger partial charge < -0.3 is 14.5 Å². The molecule has 0 aliphatic heterocycles. The summed E-state index contributed by atoms with van der Waals surface area (Å²) in [4.78, 5) is 12.2. The normalized spacial score (nSPS) is 15.2. The molecule has 122 valence electrons. The highest BCUT2D eigenvalue weighted by molar-refractivity contribution is 8.00. The van der Waals surface area contributed by atoms with Crippen LogP contribution in [0, 0.1) is 0 Å². The van der Waals surface area contributed by atoms with E-state index < -0.39 is 0 Å². The molecule has 3 rings (SSSR count). The molecule has 0 spiro atoms. The third-order valence-corrected chi connectivity index (χ3v) is 4.56. The first-order valence-corrected chi connectivity index (χ1v) is 8.44. The van der Waals surface area contributed by atoms with Crippen molar-refractivity contribution in [3.8, 4) is 5.75 Å². The number of nitrogens with zero attached hydrogens (tertiary/aromatic N) is 2. The van der Waals surface area contributed by atoms with Crippen molar-refractivity contribution in [3.05, 3.63) is 35.7 Å². The average Bonchev–Trinajstić information content (AvgIpc) is 3.33. The van der Waals surface area contributed by atoms with Crippen LogP contribution in [0.25, 0.3) is 0 Å². The van der Waals surface area contributed by atoms with Crippen LogP contribution >= 0.6 is 11.8 Å². The molecule has 1 aliphatic carbocycles. The van der Waals surface area contributed by atoms with E-state index >= 15 is 0 Å². The number of methoxy groups -OCH3 is 1. The van der Waals surface area contributed by atoms with Crippen molar-refractivity contribution < 1.29 is 13.9 Å². The topological polar surface area (TPSA) is 77.2 Å². The van der Waals surface area contributed by atoms with Crippen LogP contribution in [0.3, 0.4) is 0 Å². The lowest BCUT2D eigenvalue weighted by Crippen LogP contribution is -2.30. The lowest BCUT2D eigenvalue weighted by molar-refractivity contribution is -0.120. The molecule has 0 radical (unpaired) electrons. The van der Waals surface area contributed by atoms with Crippen LogP contribution in [0.15, 0.2) is 33.9 Å². The van der Waals surface area contributed by atoms with Gasteiger partial charge in [0.05, 0.1) is 12.4 Å². The van der Waals surface area contributed by atoms with E-state index in [1.54, 1.807) is 7.11 Å². The van der Waals surface area contributed by atoms with E-state index in [0.29, 0.717) is 23.6 Å². The Morgan fingerprint density at radius 3 is 2.78 bits per heavy atom. The lowest BCUT2D eigenvalue weighted by atomic mass is 10.2. The monoisotopic (exact) mass is 333 g/mol. The number of ether oxygens (including phenoxy) is 1. The van der Waals surface area contributed by atoms with E-state index in [2.05, 4.69) is 15.5 Å². The maximum Gasteiger partial charge on any atom is 0.277 e. The summed E-state index contributed by atoms with van der Waals surface area (Å²) in [6, 6.07) is 7.60. The minimum Gasteiger partial charge on any atom is -0.497 e. The van der Waals surface area contributed by atoms with Crippen molar-refractivity contribution in [1.82, 2.24) is 15.5 Å². The fourth-order valence-electron chi connectivity index (χ4n) is 2.04. The zero-order valence-corrected chi connectivity index (χ0v) is 13.9. The molecular weight excluding hydrogens is 314 g/mol. The van der Waals surface area contributed by atoms with Crippen LogP contribution in [0.4, 0.5) is 0 Å². The third-order valence-electron chi connectivity index (χ3n) is 3.62. The quantitative estimate of drug-likeness (QED) is 0.785. The molecule has 1 atom stereocenters. The molecule has 23 heavy (non-hydrogen) atoms. The number of carbonyl (C=O) groups is 1. The number of aromatic nitrogens is 2. The van der Waals surface area contributed by atoms with Crippen LogP contribution in [-0.4, -0.2) is 28.5 Å². The SMILES string of the molecule is COc1ccc(CNC(=O)[C@@H](C)Sc2nnc(C3CC3)o2)cc1. The molecule has 2 aromatic rings. The molecule has 1 saturated carbocycles. The van der Waals surface area contributed by atoms with Crippen LogP contribution in [0.5, 0.6) is 5.75 Å². The minimum absolute atomic E-state index is 0.0583. The Morgan fingerprint density at radius 2 is 2.13 bits per heavy atom.